The van der Waals surface area contributed by atoms with Gasteiger partial charge in [-0.05, 0) is 61.6 Å². The Bertz CT molecular complexity index is 1170. The van der Waals surface area contributed by atoms with Gasteiger partial charge in [0.1, 0.15) is 0 Å². The summed E-state index contributed by atoms with van der Waals surface area (Å²) < 4.78 is 34.7. The molecule has 5 rings (SSSR count). The molecule has 0 unspecified atom stereocenters. The van der Waals surface area contributed by atoms with Crippen molar-refractivity contribution in [3.63, 3.8) is 0 Å². The third-order valence-electron chi connectivity index (χ3n) is 6.70. The Morgan fingerprint density at radius 1 is 1.09 bits per heavy atom. The summed E-state index contributed by atoms with van der Waals surface area (Å²) in [6.45, 7) is 2.49. The van der Waals surface area contributed by atoms with Gasteiger partial charge in [0.2, 0.25) is 11.8 Å². The molecule has 1 saturated carbocycles. The number of pyridine rings is 1. The summed E-state index contributed by atoms with van der Waals surface area (Å²) in [5, 5.41) is 8.47. The van der Waals surface area contributed by atoms with Gasteiger partial charge in [-0.25, -0.2) is 13.4 Å². The van der Waals surface area contributed by atoms with Gasteiger partial charge in [0.15, 0.2) is 9.84 Å². The van der Waals surface area contributed by atoms with Gasteiger partial charge in [0, 0.05) is 37.2 Å². The van der Waals surface area contributed by atoms with Crippen molar-refractivity contribution in [1.82, 2.24) is 15.2 Å². The van der Waals surface area contributed by atoms with E-state index >= 15 is 0 Å². The molecule has 2 aromatic heterocycles. The average Bonchev–Trinajstić information content (AvgIpc) is 3.43. The molecule has 1 aromatic carbocycles. The minimum atomic E-state index is -3.23. The van der Waals surface area contributed by atoms with E-state index in [1.165, 1.54) is 24.9 Å². The molecule has 0 N–H and O–H groups in total. The Hall–Kier alpha value is -2.94. The minimum absolute atomic E-state index is 0.209. The summed E-state index contributed by atoms with van der Waals surface area (Å²) in [5.74, 6) is 3.23. The van der Waals surface area contributed by atoms with Gasteiger partial charge >= 0.3 is 6.01 Å². The molecule has 0 spiro atoms. The molecule has 33 heavy (non-hydrogen) atoms. The van der Waals surface area contributed by atoms with Crippen LogP contribution in [0, 0.1) is 17.8 Å². The van der Waals surface area contributed by atoms with Crippen molar-refractivity contribution < 1.29 is 17.6 Å². The van der Waals surface area contributed by atoms with Crippen molar-refractivity contribution >= 4 is 15.9 Å². The van der Waals surface area contributed by atoms with Crippen LogP contribution in [-0.2, 0) is 9.84 Å². The highest BCUT2D eigenvalue weighted by atomic mass is 32.2. The van der Waals surface area contributed by atoms with Crippen LogP contribution in [0.15, 0.2) is 58.0 Å². The Kier molecular flexibility index (Phi) is 6.05. The Balaban J connectivity index is 1.05. The first-order chi connectivity index (χ1) is 16.0. The Morgan fingerprint density at radius 3 is 2.58 bits per heavy atom. The van der Waals surface area contributed by atoms with Crippen LogP contribution in [0.4, 0.5) is 6.01 Å². The van der Waals surface area contributed by atoms with E-state index in [9.17, 15) is 8.42 Å². The highest BCUT2D eigenvalue weighted by molar-refractivity contribution is 7.90. The lowest BCUT2D eigenvalue weighted by Gasteiger charge is -2.30. The molecule has 3 aromatic rings. The number of piperidine rings is 1. The van der Waals surface area contributed by atoms with Crippen LogP contribution in [0.3, 0.4) is 0 Å². The highest BCUT2D eigenvalue weighted by Crippen LogP contribution is 2.50. The zero-order valence-electron chi connectivity index (χ0n) is 18.6. The molecule has 0 radical (unpaired) electrons. The predicted octanol–water partition coefficient (Wildman–Crippen LogP) is 3.86. The van der Waals surface area contributed by atoms with Crippen LogP contribution in [0.2, 0.25) is 0 Å². The van der Waals surface area contributed by atoms with Crippen LogP contribution < -0.4 is 9.64 Å². The second-order valence-corrected chi connectivity index (χ2v) is 11.0. The van der Waals surface area contributed by atoms with Crippen molar-refractivity contribution in [3.05, 3.63) is 48.7 Å². The van der Waals surface area contributed by atoms with E-state index in [2.05, 4.69) is 20.1 Å². The van der Waals surface area contributed by atoms with Crippen molar-refractivity contribution in [2.24, 2.45) is 17.8 Å². The maximum Gasteiger partial charge on any atom is 0.318 e. The number of benzene rings is 1. The van der Waals surface area contributed by atoms with Gasteiger partial charge in [-0.2, -0.15) is 0 Å². The first kappa shape index (κ1) is 21.9. The normalized spacial score (nSPS) is 21.2. The summed E-state index contributed by atoms with van der Waals surface area (Å²) in [6.07, 6.45) is 7.06. The van der Waals surface area contributed by atoms with E-state index in [0.717, 1.165) is 49.8 Å². The quantitative estimate of drug-likeness (QED) is 0.492. The number of nitrogens with zero attached hydrogens (tertiary/aromatic N) is 4. The van der Waals surface area contributed by atoms with Gasteiger partial charge in [-0.15, -0.1) is 5.10 Å². The zero-order chi connectivity index (χ0) is 22.8. The van der Waals surface area contributed by atoms with Crippen LogP contribution in [-0.4, -0.2) is 49.6 Å². The first-order valence-corrected chi connectivity index (χ1v) is 13.3. The number of anilines is 1. The van der Waals surface area contributed by atoms with Gasteiger partial charge in [-0.3, -0.25) is 0 Å². The van der Waals surface area contributed by atoms with Crippen LogP contribution in [0.1, 0.15) is 25.7 Å². The molecule has 2 atom stereocenters. The lowest BCUT2D eigenvalue weighted by atomic mass is 9.91. The van der Waals surface area contributed by atoms with Gasteiger partial charge < -0.3 is 14.1 Å². The molecule has 1 saturated heterocycles. The highest BCUT2D eigenvalue weighted by Gasteiger charge is 2.43. The smallest absolute Gasteiger partial charge is 0.318 e. The first-order valence-electron chi connectivity index (χ1n) is 11.4. The van der Waals surface area contributed by atoms with Gasteiger partial charge in [0.25, 0.3) is 0 Å². The van der Waals surface area contributed by atoms with E-state index in [1.807, 2.05) is 30.3 Å². The molecule has 1 aliphatic carbocycles. The Morgan fingerprint density at radius 2 is 1.88 bits per heavy atom. The summed E-state index contributed by atoms with van der Waals surface area (Å²) in [4.78, 5) is 6.51. The summed E-state index contributed by atoms with van der Waals surface area (Å²) >= 11 is 0. The number of ether oxygens (including phenoxy) is 1. The molecule has 2 fully saturated rings. The topological polar surface area (TPSA) is 98.4 Å². The monoisotopic (exact) mass is 468 g/mol. The third kappa shape index (κ3) is 5.19. The van der Waals surface area contributed by atoms with E-state index in [1.54, 1.807) is 6.07 Å². The van der Waals surface area contributed by atoms with Crippen LogP contribution in [0.5, 0.6) is 5.88 Å². The minimum Gasteiger partial charge on any atom is -0.478 e. The molecule has 2 aliphatic rings. The SMILES string of the molecule is CS(=O)(=O)c1ccc(OCC[C@@H]2C[C@@H]2C2CCN(c3nnc(-c4ccccc4)o3)CC2)nc1. The lowest BCUT2D eigenvalue weighted by molar-refractivity contribution is 0.275. The fourth-order valence-corrected chi connectivity index (χ4v) is 5.29. The lowest BCUT2D eigenvalue weighted by Crippen LogP contribution is -2.34. The standard InChI is InChI=1S/C24H28N4O4S/c1-33(29,30)20-7-8-22(25-16-20)31-14-11-19-15-21(19)17-9-12-28(13-10-17)24-27-26-23(32-24)18-5-3-2-4-6-18/h2-8,16-17,19,21H,9-15H2,1H3/t19-,21-/m1/s1. The molecule has 3 heterocycles. The van der Waals surface area contributed by atoms with E-state index in [0.29, 0.717) is 30.3 Å². The number of hydrogen-bond acceptors (Lipinski definition) is 8. The summed E-state index contributed by atoms with van der Waals surface area (Å²) in [5.41, 5.74) is 0.940. The Labute approximate surface area is 193 Å². The van der Waals surface area contributed by atoms with E-state index < -0.39 is 9.84 Å². The van der Waals surface area contributed by atoms with Crippen molar-refractivity contribution in [2.45, 2.75) is 30.6 Å². The van der Waals surface area contributed by atoms with Crippen molar-refractivity contribution in [1.29, 1.82) is 0 Å². The number of hydrogen-bond donors (Lipinski definition) is 0. The van der Waals surface area contributed by atoms with E-state index in [4.69, 9.17) is 9.15 Å². The molecular formula is C24H28N4O4S. The average molecular weight is 469 g/mol. The molecular weight excluding hydrogens is 440 g/mol. The fraction of sp³-hybridized carbons (Fsp3) is 0.458. The van der Waals surface area contributed by atoms with Crippen molar-refractivity contribution in [3.8, 4) is 17.3 Å². The molecule has 0 amide bonds. The van der Waals surface area contributed by atoms with Gasteiger partial charge in [-0.1, -0.05) is 23.3 Å². The maximum atomic E-state index is 11.5. The summed E-state index contributed by atoms with van der Waals surface area (Å²) in [7, 11) is -3.23. The second kappa shape index (κ2) is 9.13. The zero-order valence-corrected chi connectivity index (χ0v) is 19.4. The maximum absolute atomic E-state index is 11.5. The molecule has 8 nitrogen and oxygen atoms in total. The van der Waals surface area contributed by atoms with E-state index in [-0.39, 0.29) is 4.90 Å². The van der Waals surface area contributed by atoms with Crippen molar-refractivity contribution in [2.75, 3.05) is 30.9 Å². The third-order valence-corrected chi connectivity index (χ3v) is 7.80. The number of aromatic nitrogens is 3. The molecule has 0 bridgehead atoms. The largest absolute Gasteiger partial charge is 0.478 e. The molecule has 9 heteroatoms. The number of rotatable bonds is 8. The van der Waals surface area contributed by atoms with Gasteiger partial charge in [0.05, 0.1) is 11.5 Å². The molecule has 1 aliphatic heterocycles. The fourth-order valence-electron chi connectivity index (χ4n) is 4.73. The summed E-state index contributed by atoms with van der Waals surface area (Å²) in [6, 6.07) is 13.6. The predicted molar refractivity (Wildman–Crippen MR) is 124 cm³/mol. The second-order valence-electron chi connectivity index (χ2n) is 8.98. The van der Waals surface area contributed by atoms with Crippen LogP contribution in [0.25, 0.3) is 11.5 Å². The molecule has 174 valence electrons. The van der Waals surface area contributed by atoms with Crippen LogP contribution >= 0.6 is 0 Å². The number of sulfone groups is 1.